The molecular weight excluding hydrogens is 471 g/mol. The van der Waals surface area contributed by atoms with Crippen molar-refractivity contribution in [1.82, 2.24) is 14.9 Å². The molecule has 34 heavy (non-hydrogen) atoms. The molecule has 1 unspecified atom stereocenters. The summed E-state index contributed by atoms with van der Waals surface area (Å²) in [5.74, 6) is -0.831. The van der Waals surface area contributed by atoms with Gasteiger partial charge in [0.1, 0.15) is 0 Å². The van der Waals surface area contributed by atoms with Gasteiger partial charge < -0.3 is 10.2 Å². The van der Waals surface area contributed by atoms with Gasteiger partial charge in [0, 0.05) is 31.6 Å². The number of nitrogens with one attached hydrogen (secondary N) is 2. The lowest BCUT2D eigenvalue weighted by atomic mass is 10.0. The highest BCUT2D eigenvalue weighted by atomic mass is 32.2. The van der Waals surface area contributed by atoms with Gasteiger partial charge in [-0.05, 0) is 42.3 Å². The van der Waals surface area contributed by atoms with Gasteiger partial charge in [0.05, 0.1) is 16.5 Å². The average Bonchev–Trinajstić information content (AvgIpc) is 3.21. The number of likely N-dealkylation sites (tertiary alicyclic amines) is 1. The summed E-state index contributed by atoms with van der Waals surface area (Å²) in [5.41, 5.74) is -0.691. The van der Waals surface area contributed by atoms with Crippen LogP contribution in [-0.4, -0.2) is 44.8 Å². The van der Waals surface area contributed by atoms with E-state index in [9.17, 15) is 31.2 Å². The lowest BCUT2D eigenvalue weighted by Gasteiger charge is -2.26. The second-order valence-electron chi connectivity index (χ2n) is 7.76. The Labute approximate surface area is 195 Å². The van der Waals surface area contributed by atoms with E-state index < -0.39 is 33.7 Å². The molecule has 11 heteroatoms. The standard InChI is InChI=1S/C23H24F3N3O4S/c1-2-11-27-34(32,33)19-9-4-7-17(14-19)22(31)28-20(15-29-12-5-10-21(29)30)16-6-3-8-18(13-16)23(24,25)26/h2-4,6-9,13-14,20,27H,1,5,10-12,15H2,(H,28,31). The van der Waals surface area contributed by atoms with Crippen molar-refractivity contribution in [2.24, 2.45) is 0 Å². The summed E-state index contributed by atoms with van der Waals surface area (Å²) in [6, 6.07) is 8.88. The summed E-state index contributed by atoms with van der Waals surface area (Å²) in [6.07, 6.45) is -2.25. The van der Waals surface area contributed by atoms with Gasteiger partial charge in [0.25, 0.3) is 5.91 Å². The molecule has 0 radical (unpaired) electrons. The molecule has 1 saturated heterocycles. The molecule has 0 bridgehead atoms. The van der Waals surface area contributed by atoms with E-state index in [2.05, 4.69) is 16.6 Å². The second-order valence-corrected chi connectivity index (χ2v) is 9.53. The number of benzene rings is 2. The van der Waals surface area contributed by atoms with Gasteiger partial charge in [-0.1, -0.05) is 24.3 Å². The topological polar surface area (TPSA) is 95.6 Å². The Morgan fingerprint density at radius 1 is 1.18 bits per heavy atom. The molecule has 2 N–H and O–H groups in total. The van der Waals surface area contributed by atoms with Crippen LogP contribution in [0.15, 0.2) is 66.1 Å². The number of hydrogen-bond donors (Lipinski definition) is 2. The van der Waals surface area contributed by atoms with Gasteiger partial charge in [-0.15, -0.1) is 6.58 Å². The van der Waals surface area contributed by atoms with Crippen LogP contribution >= 0.6 is 0 Å². The summed E-state index contributed by atoms with van der Waals surface area (Å²) in [7, 11) is -3.89. The van der Waals surface area contributed by atoms with E-state index >= 15 is 0 Å². The number of rotatable bonds is 9. The van der Waals surface area contributed by atoms with E-state index in [1.807, 2.05) is 0 Å². The predicted molar refractivity (Wildman–Crippen MR) is 119 cm³/mol. The molecular formula is C23H24F3N3O4S. The lowest BCUT2D eigenvalue weighted by Crippen LogP contribution is -2.38. The van der Waals surface area contributed by atoms with Gasteiger partial charge in [-0.25, -0.2) is 13.1 Å². The molecule has 2 aromatic rings. The average molecular weight is 496 g/mol. The minimum Gasteiger partial charge on any atom is -0.343 e. The van der Waals surface area contributed by atoms with Crippen LogP contribution in [0.25, 0.3) is 0 Å². The van der Waals surface area contributed by atoms with Crippen molar-refractivity contribution in [2.45, 2.75) is 30.0 Å². The van der Waals surface area contributed by atoms with Crippen LogP contribution in [-0.2, 0) is 21.0 Å². The molecule has 1 heterocycles. The van der Waals surface area contributed by atoms with Crippen molar-refractivity contribution in [3.8, 4) is 0 Å². The quantitative estimate of drug-likeness (QED) is 0.522. The zero-order chi connectivity index (χ0) is 24.9. The van der Waals surface area contributed by atoms with Crippen molar-refractivity contribution in [3.63, 3.8) is 0 Å². The van der Waals surface area contributed by atoms with Gasteiger partial charge in [0.2, 0.25) is 15.9 Å². The Morgan fingerprint density at radius 2 is 1.91 bits per heavy atom. The highest BCUT2D eigenvalue weighted by Gasteiger charge is 2.32. The van der Waals surface area contributed by atoms with Crippen molar-refractivity contribution in [3.05, 3.63) is 77.9 Å². The van der Waals surface area contributed by atoms with Gasteiger partial charge in [0.15, 0.2) is 0 Å². The SMILES string of the molecule is C=CCNS(=O)(=O)c1cccc(C(=O)NC(CN2CCCC2=O)c2cccc(C(F)(F)F)c2)c1. The molecule has 1 aliphatic heterocycles. The molecule has 2 aromatic carbocycles. The number of sulfonamides is 1. The van der Waals surface area contributed by atoms with Crippen LogP contribution in [0.4, 0.5) is 13.2 Å². The third-order valence-electron chi connectivity index (χ3n) is 5.32. The number of alkyl halides is 3. The van der Waals surface area contributed by atoms with Crippen molar-refractivity contribution < 1.29 is 31.2 Å². The Hall–Kier alpha value is -3.18. The molecule has 0 aliphatic carbocycles. The maximum atomic E-state index is 13.2. The third-order valence-corrected chi connectivity index (χ3v) is 6.74. The normalized spacial score (nSPS) is 15.3. The number of amides is 2. The van der Waals surface area contributed by atoms with E-state index in [4.69, 9.17) is 0 Å². The lowest BCUT2D eigenvalue weighted by molar-refractivity contribution is -0.137. The molecule has 0 aromatic heterocycles. The highest BCUT2D eigenvalue weighted by Crippen LogP contribution is 2.31. The number of carbonyl (C=O) groups excluding carboxylic acids is 2. The summed E-state index contributed by atoms with van der Waals surface area (Å²) >= 11 is 0. The van der Waals surface area contributed by atoms with Crippen LogP contribution in [0, 0.1) is 0 Å². The first-order chi connectivity index (χ1) is 16.0. The summed E-state index contributed by atoms with van der Waals surface area (Å²) in [4.78, 5) is 26.5. The molecule has 7 nitrogen and oxygen atoms in total. The van der Waals surface area contributed by atoms with Crippen LogP contribution in [0.5, 0.6) is 0 Å². The second kappa shape index (κ2) is 10.4. The minimum absolute atomic E-state index is 0.000239. The molecule has 1 aliphatic rings. The van der Waals surface area contributed by atoms with Crippen molar-refractivity contribution >= 4 is 21.8 Å². The predicted octanol–water partition coefficient (Wildman–Crippen LogP) is 3.26. The number of nitrogens with zero attached hydrogens (tertiary/aromatic N) is 1. The number of carbonyl (C=O) groups is 2. The Kier molecular flexibility index (Phi) is 7.78. The van der Waals surface area contributed by atoms with Crippen molar-refractivity contribution in [1.29, 1.82) is 0 Å². The van der Waals surface area contributed by atoms with Gasteiger partial charge in [-0.2, -0.15) is 13.2 Å². The molecule has 2 amide bonds. The van der Waals surface area contributed by atoms with Crippen LogP contribution in [0.3, 0.4) is 0 Å². The Balaban J connectivity index is 1.89. The maximum absolute atomic E-state index is 13.2. The number of hydrogen-bond acceptors (Lipinski definition) is 4. The van der Waals surface area contributed by atoms with Crippen molar-refractivity contribution in [2.75, 3.05) is 19.6 Å². The summed E-state index contributed by atoms with van der Waals surface area (Å²) in [6.45, 7) is 3.87. The van der Waals surface area contributed by atoms with Crippen LogP contribution in [0.2, 0.25) is 0 Å². The first-order valence-corrected chi connectivity index (χ1v) is 12.0. The fourth-order valence-electron chi connectivity index (χ4n) is 3.58. The summed E-state index contributed by atoms with van der Waals surface area (Å²) < 4.78 is 66.8. The monoisotopic (exact) mass is 495 g/mol. The van der Waals surface area contributed by atoms with E-state index in [0.29, 0.717) is 19.4 Å². The maximum Gasteiger partial charge on any atom is 0.416 e. The molecule has 0 spiro atoms. The fraction of sp³-hybridized carbons (Fsp3) is 0.304. The fourth-order valence-corrected chi connectivity index (χ4v) is 4.63. The van der Waals surface area contributed by atoms with Gasteiger partial charge >= 0.3 is 6.18 Å². The van der Waals surface area contributed by atoms with Crippen LogP contribution in [0.1, 0.15) is 40.4 Å². The Morgan fingerprint density at radius 3 is 2.56 bits per heavy atom. The minimum atomic E-state index is -4.57. The van der Waals surface area contributed by atoms with E-state index in [1.54, 1.807) is 0 Å². The molecule has 182 valence electrons. The van der Waals surface area contributed by atoms with E-state index in [0.717, 1.165) is 12.1 Å². The van der Waals surface area contributed by atoms with E-state index in [1.165, 1.54) is 47.4 Å². The number of halogens is 3. The highest BCUT2D eigenvalue weighted by molar-refractivity contribution is 7.89. The zero-order valence-corrected chi connectivity index (χ0v) is 19.0. The first kappa shape index (κ1) is 25.4. The smallest absolute Gasteiger partial charge is 0.343 e. The third kappa shape index (κ3) is 6.23. The van der Waals surface area contributed by atoms with Crippen LogP contribution < -0.4 is 10.0 Å². The summed E-state index contributed by atoms with van der Waals surface area (Å²) in [5, 5.41) is 2.67. The van der Waals surface area contributed by atoms with Gasteiger partial charge in [-0.3, -0.25) is 9.59 Å². The zero-order valence-electron chi connectivity index (χ0n) is 18.1. The van der Waals surface area contributed by atoms with E-state index in [-0.39, 0.29) is 35.0 Å². The Bertz CT molecular complexity index is 1180. The largest absolute Gasteiger partial charge is 0.416 e. The molecule has 1 fully saturated rings. The first-order valence-electron chi connectivity index (χ1n) is 10.5. The molecule has 1 atom stereocenters. The molecule has 0 saturated carbocycles. The molecule has 3 rings (SSSR count).